The number of hydrogen-bond acceptors (Lipinski definition) is 2. The quantitative estimate of drug-likeness (QED) is 0.812. The molecule has 1 aliphatic heterocycles. The average Bonchev–Trinajstić information content (AvgIpc) is 3.39. The van der Waals surface area contributed by atoms with Crippen molar-refractivity contribution in [2.75, 3.05) is 13.1 Å². The molecule has 1 saturated heterocycles. The Balaban J connectivity index is 1.78. The predicted octanol–water partition coefficient (Wildman–Crippen LogP) is 3.20. The van der Waals surface area contributed by atoms with E-state index in [0.29, 0.717) is 25.9 Å². The van der Waals surface area contributed by atoms with E-state index < -0.39 is 22.7 Å². The molecule has 1 aromatic carbocycles. The standard InChI is InChI=1S/C17H21F3N2O2S/c1-12(23)21-9-7-15(8-10-21)22(14-5-6-14)25(24)16-4-2-3-13(11-16)17(18,19)20/h2-4,11,14-15H,5-10H2,1H3. The maximum Gasteiger partial charge on any atom is 0.416 e. The summed E-state index contributed by atoms with van der Waals surface area (Å²) in [6.07, 6.45) is -1.23. The number of hydrogen-bond donors (Lipinski definition) is 0. The van der Waals surface area contributed by atoms with Crippen molar-refractivity contribution in [1.82, 2.24) is 9.21 Å². The highest BCUT2D eigenvalue weighted by molar-refractivity contribution is 7.82. The summed E-state index contributed by atoms with van der Waals surface area (Å²) in [5.74, 6) is 0.0235. The SMILES string of the molecule is CC(=O)N1CCC(N(C2CC2)S(=O)c2cccc(C(F)(F)F)c2)CC1. The van der Waals surface area contributed by atoms with E-state index >= 15 is 0 Å². The van der Waals surface area contributed by atoms with Gasteiger partial charge in [-0.25, -0.2) is 8.51 Å². The molecule has 0 spiro atoms. The number of carbonyl (C=O) groups excluding carboxylic acids is 1. The molecule has 1 atom stereocenters. The minimum atomic E-state index is -4.45. The lowest BCUT2D eigenvalue weighted by atomic mass is 10.0. The molecule has 2 fully saturated rings. The first-order valence-electron chi connectivity index (χ1n) is 8.40. The maximum absolute atomic E-state index is 13.0. The number of amides is 1. The van der Waals surface area contributed by atoms with Gasteiger partial charge in [-0.05, 0) is 43.9 Å². The lowest BCUT2D eigenvalue weighted by Crippen LogP contribution is -2.47. The van der Waals surface area contributed by atoms with Gasteiger partial charge in [0.25, 0.3) is 0 Å². The molecule has 1 aliphatic carbocycles. The molecule has 0 N–H and O–H groups in total. The third kappa shape index (κ3) is 4.23. The first kappa shape index (κ1) is 18.4. The van der Waals surface area contributed by atoms with Gasteiger partial charge < -0.3 is 4.90 Å². The second kappa shape index (κ2) is 7.07. The van der Waals surface area contributed by atoms with Crippen molar-refractivity contribution in [2.24, 2.45) is 0 Å². The van der Waals surface area contributed by atoms with Crippen LogP contribution in [0.1, 0.15) is 38.2 Å². The van der Waals surface area contributed by atoms with E-state index in [1.807, 2.05) is 4.31 Å². The Labute approximate surface area is 147 Å². The molecule has 1 amide bonds. The Bertz CT molecular complexity index is 668. The van der Waals surface area contributed by atoms with Crippen LogP contribution in [0.4, 0.5) is 13.2 Å². The minimum Gasteiger partial charge on any atom is -0.343 e. The van der Waals surface area contributed by atoms with Crippen LogP contribution in [0.3, 0.4) is 0 Å². The average molecular weight is 374 g/mol. The van der Waals surface area contributed by atoms with Gasteiger partial charge in [0.2, 0.25) is 5.91 Å². The van der Waals surface area contributed by atoms with Gasteiger partial charge in [0, 0.05) is 32.1 Å². The van der Waals surface area contributed by atoms with E-state index in [0.717, 1.165) is 25.0 Å². The van der Waals surface area contributed by atoms with E-state index in [4.69, 9.17) is 0 Å². The van der Waals surface area contributed by atoms with Crippen molar-refractivity contribution in [3.8, 4) is 0 Å². The molecule has 3 rings (SSSR count). The zero-order chi connectivity index (χ0) is 18.2. The Morgan fingerprint density at radius 1 is 1.16 bits per heavy atom. The van der Waals surface area contributed by atoms with Crippen LogP contribution in [-0.4, -0.2) is 44.5 Å². The van der Waals surface area contributed by atoms with Crippen molar-refractivity contribution in [3.05, 3.63) is 29.8 Å². The fourth-order valence-corrected chi connectivity index (χ4v) is 4.87. The van der Waals surface area contributed by atoms with Crippen molar-refractivity contribution in [3.63, 3.8) is 0 Å². The van der Waals surface area contributed by atoms with Crippen molar-refractivity contribution in [1.29, 1.82) is 0 Å². The summed E-state index contributed by atoms with van der Waals surface area (Å²) in [6.45, 7) is 2.73. The first-order valence-corrected chi connectivity index (χ1v) is 9.51. The summed E-state index contributed by atoms with van der Waals surface area (Å²) in [4.78, 5) is 13.4. The molecular weight excluding hydrogens is 353 g/mol. The second-order valence-corrected chi connectivity index (χ2v) is 7.99. The van der Waals surface area contributed by atoms with Crippen molar-refractivity contribution >= 4 is 16.9 Å². The van der Waals surface area contributed by atoms with Gasteiger partial charge in [-0.1, -0.05) is 6.07 Å². The molecule has 1 unspecified atom stereocenters. The van der Waals surface area contributed by atoms with Gasteiger partial charge in [-0.15, -0.1) is 0 Å². The topological polar surface area (TPSA) is 40.6 Å². The van der Waals surface area contributed by atoms with E-state index in [9.17, 15) is 22.2 Å². The highest BCUT2D eigenvalue weighted by Crippen LogP contribution is 2.36. The molecule has 0 radical (unpaired) electrons. The summed E-state index contributed by atoms with van der Waals surface area (Å²) in [5.41, 5.74) is -0.777. The summed E-state index contributed by atoms with van der Waals surface area (Å²) in [7, 11) is -1.62. The van der Waals surface area contributed by atoms with Crippen molar-refractivity contribution in [2.45, 2.75) is 55.8 Å². The monoisotopic (exact) mass is 374 g/mol. The molecule has 4 nitrogen and oxygen atoms in total. The zero-order valence-electron chi connectivity index (χ0n) is 14.0. The van der Waals surface area contributed by atoms with Crippen LogP contribution in [0.15, 0.2) is 29.2 Å². The molecule has 25 heavy (non-hydrogen) atoms. The summed E-state index contributed by atoms with van der Waals surface area (Å²) in [5, 5.41) is 0. The van der Waals surface area contributed by atoms with Crippen LogP contribution in [0.5, 0.6) is 0 Å². The molecule has 1 aromatic rings. The number of likely N-dealkylation sites (tertiary alicyclic amines) is 1. The van der Waals surface area contributed by atoms with Crippen LogP contribution in [0, 0.1) is 0 Å². The molecule has 0 aromatic heterocycles. The normalized spacial score (nSPS) is 20.8. The summed E-state index contributed by atoms with van der Waals surface area (Å²) >= 11 is 0. The molecule has 2 aliphatic rings. The second-order valence-electron chi connectivity index (χ2n) is 6.60. The molecule has 0 bridgehead atoms. The van der Waals surface area contributed by atoms with Gasteiger partial charge in [0.1, 0.15) is 11.0 Å². The van der Waals surface area contributed by atoms with Crippen LogP contribution < -0.4 is 0 Å². The van der Waals surface area contributed by atoms with Gasteiger partial charge >= 0.3 is 6.18 Å². The number of rotatable bonds is 4. The Morgan fingerprint density at radius 2 is 1.76 bits per heavy atom. The highest BCUT2D eigenvalue weighted by atomic mass is 32.2. The van der Waals surface area contributed by atoms with Gasteiger partial charge in [0.15, 0.2) is 0 Å². The number of benzene rings is 1. The summed E-state index contributed by atoms with van der Waals surface area (Å²) < 4.78 is 53.7. The number of piperidine rings is 1. The number of halogens is 3. The maximum atomic E-state index is 13.0. The van der Waals surface area contributed by atoms with E-state index in [1.54, 1.807) is 4.90 Å². The van der Waals surface area contributed by atoms with Crippen LogP contribution in [0.2, 0.25) is 0 Å². The molecule has 1 saturated carbocycles. The largest absolute Gasteiger partial charge is 0.416 e. The van der Waals surface area contributed by atoms with Gasteiger partial charge in [0.05, 0.1) is 10.5 Å². The third-order valence-corrected chi connectivity index (χ3v) is 6.37. The Hall–Kier alpha value is -1.41. The molecular formula is C17H21F3N2O2S. The Morgan fingerprint density at radius 3 is 2.28 bits per heavy atom. The molecule has 1 heterocycles. The van der Waals surface area contributed by atoms with Crippen LogP contribution in [0.25, 0.3) is 0 Å². The zero-order valence-corrected chi connectivity index (χ0v) is 14.8. The van der Waals surface area contributed by atoms with E-state index in [2.05, 4.69) is 0 Å². The van der Waals surface area contributed by atoms with Crippen LogP contribution >= 0.6 is 0 Å². The lowest BCUT2D eigenvalue weighted by molar-refractivity contribution is -0.137. The fourth-order valence-electron chi connectivity index (χ4n) is 3.24. The van der Waals surface area contributed by atoms with Gasteiger partial charge in [-0.3, -0.25) is 4.79 Å². The lowest BCUT2D eigenvalue weighted by Gasteiger charge is -2.37. The smallest absolute Gasteiger partial charge is 0.343 e. The predicted molar refractivity (Wildman–Crippen MR) is 88.0 cm³/mol. The summed E-state index contributed by atoms with van der Waals surface area (Å²) in [6, 6.07) is 4.96. The third-order valence-electron chi connectivity index (χ3n) is 4.73. The number of nitrogens with zero attached hydrogens (tertiary/aromatic N) is 2. The fraction of sp³-hybridized carbons (Fsp3) is 0.588. The minimum absolute atomic E-state index is 0.0235. The number of alkyl halides is 3. The van der Waals surface area contributed by atoms with Gasteiger partial charge in [-0.2, -0.15) is 13.2 Å². The Kier molecular flexibility index (Phi) is 5.20. The molecule has 138 valence electrons. The van der Waals surface area contributed by atoms with Crippen LogP contribution in [-0.2, 0) is 22.0 Å². The van der Waals surface area contributed by atoms with E-state index in [-0.39, 0.29) is 22.9 Å². The first-order chi connectivity index (χ1) is 11.8. The highest BCUT2D eigenvalue weighted by Gasteiger charge is 2.40. The number of carbonyl (C=O) groups is 1. The van der Waals surface area contributed by atoms with Crippen molar-refractivity contribution < 1.29 is 22.2 Å². The van der Waals surface area contributed by atoms with E-state index in [1.165, 1.54) is 19.1 Å². The molecule has 8 heteroatoms.